The fourth-order valence-corrected chi connectivity index (χ4v) is 4.87. The van der Waals surface area contributed by atoms with Gasteiger partial charge in [-0.05, 0) is 43.2 Å². The van der Waals surface area contributed by atoms with Gasteiger partial charge in [0.25, 0.3) is 0 Å². The van der Waals surface area contributed by atoms with Gasteiger partial charge in [-0.2, -0.15) is 0 Å². The lowest BCUT2D eigenvalue weighted by Crippen LogP contribution is -2.09. The van der Waals surface area contributed by atoms with E-state index < -0.39 is 6.10 Å². The molecule has 2 aliphatic heterocycles. The van der Waals surface area contributed by atoms with E-state index in [1.807, 2.05) is 12.1 Å². The second-order valence-electron chi connectivity index (χ2n) is 8.69. The maximum absolute atomic E-state index is 14.9. The molecular weight excluding hydrogens is 455 g/mol. The van der Waals surface area contributed by atoms with E-state index in [0.717, 1.165) is 11.1 Å². The maximum atomic E-state index is 14.9. The third kappa shape index (κ3) is 3.99. The Bertz CT molecular complexity index is 1300. The fraction of sp³-hybridized carbons (Fsp3) is 0.296. The molecule has 6 rings (SSSR count). The summed E-state index contributed by atoms with van der Waals surface area (Å²) >= 11 is 0. The van der Waals surface area contributed by atoms with E-state index >= 15 is 0 Å². The number of rotatable bonds is 6. The van der Waals surface area contributed by atoms with E-state index in [-0.39, 0.29) is 30.9 Å². The molecule has 0 radical (unpaired) electrons. The van der Waals surface area contributed by atoms with Crippen LogP contribution in [0.2, 0.25) is 0 Å². The second-order valence-corrected chi connectivity index (χ2v) is 8.69. The SMILES string of the molecule is COC(=O)CC1COc2cc(OC3CCc4c(Oc5ccc6c(c5)OCO6)ccc(F)c43)ccc21. The van der Waals surface area contributed by atoms with Crippen molar-refractivity contribution in [2.24, 2.45) is 0 Å². The Morgan fingerprint density at radius 2 is 1.83 bits per heavy atom. The molecule has 180 valence electrons. The van der Waals surface area contributed by atoms with E-state index in [1.165, 1.54) is 13.2 Å². The fourth-order valence-electron chi connectivity index (χ4n) is 4.87. The zero-order chi connectivity index (χ0) is 23.9. The number of hydrogen-bond donors (Lipinski definition) is 0. The lowest BCUT2D eigenvalue weighted by molar-refractivity contribution is -0.141. The van der Waals surface area contributed by atoms with Crippen molar-refractivity contribution in [1.82, 2.24) is 0 Å². The van der Waals surface area contributed by atoms with Crippen LogP contribution in [0, 0.1) is 5.82 Å². The van der Waals surface area contributed by atoms with Crippen LogP contribution < -0.4 is 23.7 Å². The van der Waals surface area contributed by atoms with Crippen LogP contribution in [-0.4, -0.2) is 26.5 Å². The monoisotopic (exact) mass is 478 g/mol. The van der Waals surface area contributed by atoms with Gasteiger partial charge in [0.2, 0.25) is 6.79 Å². The zero-order valence-corrected chi connectivity index (χ0v) is 19.0. The van der Waals surface area contributed by atoms with E-state index in [1.54, 1.807) is 30.3 Å². The molecule has 2 unspecified atom stereocenters. The molecule has 0 aromatic heterocycles. The minimum Gasteiger partial charge on any atom is -0.492 e. The highest BCUT2D eigenvalue weighted by molar-refractivity contribution is 5.71. The summed E-state index contributed by atoms with van der Waals surface area (Å²) in [5.74, 6) is 3.09. The molecule has 0 bridgehead atoms. The summed E-state index contributed by atoms with van der Waals surface area (Å²) in [6.45, 7) is 0.596. The topological polar surface area (TPSA) is 72.5 Å². The molecule has 3 aromatic carbocycles. The van der Waals surface area contributed by atoms with E-state index in [2.05, 4.69) is 0 Å². The number of methoxy groups -OCH3 is 1. The van der Waals surface area contributed by atoms with Crippen LogP contribution in [0.3, 0.4) is 0 Å². The summed E-state index contributed by atoms with van der Waals surface area (Å²) in [6, 6.07) is 13.9. The molecule has 0 amide bonds. The van der Waals surface area contributed by atoms with Gasteiger partial charge in [0.05, 0.1) is 20.1 Å². The lowest BCUT2D eigenvalue weighted by Gasteiger charge is -2.17. The Balaban J connectivity index is 1.21. The van der Waals surface area contributed by atoms with Gasteiger partial charge in [0.15, 0.2) is 11.5 Å². The number of hydrogen-bond acceptors (Lipinski definition) is 7. The number of benzene rings is 3. The van der Waals surface area contributed by atoms with Crippen LogP contribution in [0.15, 0.2) is 48.5 Å². The van der Waals surface area contributed by atoms with E-state index in [4.69, 9.17) is 28.4 Å². The van der Waals surface area contributed by atoms with Crippen LogP contribution in [0.4, 0.5) is 4.39 Å². The summed E-state index contributed by atoms with van der Waals surface area (Å²) in [5.41, 5.74) is 2.25. The summed E-state index contributed by atoms with van der Waals surface area (Å²) in [5, 5.41) is 0. The first kappa shape index (κ1) is 21.6. The predicted molar refractivity (Wildman–Crippen MR) is 122 cm³/mol. The molecule has 3 aliphatic rings. The summed E-state index contributed by atoms with van der Waals surface area (Å²) in [4.78, 5) is 11.7. The van der Waals surface area contributed by atoms with Gasteiger partial charge < -0.3 is 28.4 Å². The van der Waals surface area contributed by atoms with Gasteiger partial charge >= 0.3 is 5.97 Å². The molecule has 3 aromatic rings. The summed E-state index contributed by atoms with van der Waals surface area (Å²) in [6.07, 6.45) is 1.06. The van der Waals surface area contributed by atoms with Crippen molar-refractivity contribution in [1.29, 1.82) is 0 Å². The van der Waals surface area contributed by atoms with Crippen molar-refractivity contribution in [2.75, 3.05) is 20.5 Å². The number of halogens is 1. The molecule has 0 N–H and O–H groups in total. The number of carbonyl (C=O) groups excluding carboxylic acids is 1. The zero-order valence-electron chi connectivity index (χ0n) is 19.0. The Labute approximate surface area is 201 Å². The van der Waals surface area contributed by atoms with Gasteiger partial charge in [-0.15, -0.1) is 0 Å². The van der Waals surface area contributed by atoms with E-state index in [0.29, 0.717) is 59.5 Å². The Morgan fingerprint density at radius 3 is 2.71 bits per heavy atom. The van der Waals surface area contributed by atoms with Crippen molar-refractivity contribution < 1.29 is 37.6 Å². The first-order chi connectivity index (χ1) is 17.1. The number of ether oxygens (including phenoxy) is 6. The molecule has 0 saturated carbocycles. The van der Waals surface area contributed by atoms with Crippen LogP contribution in [0.1, 0.15) is 41.6 Å². The Morgan fingerprint density at radius 1 is 1.00 bits per heavy atom. The molecule has 7 nitrogen and oxygen atoms in total. The van der Waals surface area contributed by atoms with Gasteiger partial charge in [-0.25, -0.2) is 4.39 Å². The average molecular weight is 478 g/mol. The summed E-state index contributed by atoms with van der Waals surface area (Å²) in [7, 11) is 1.38. The van der Waals surface area contributed by atoms with Gasteiger partial charge in [0, 0.05) is 34.7 Å². The highest BCUT2D eigenvalue weighted by atomic mass is 19.1. The second kappa shape index (κ2) is 8.69. The molecule has 35 heavy (non-hydrogen) atoms. The van der Waals surface area contributed by atoms with Gasteiger partial charge in [0.1, 0.15) is 34.9 Å². The third-order valence-electron chi connectivity index (χ3n) is 6.60. The first-order valence-electron chi connectivity index (χ1n) is 11.5. The number of fused-ring (bicyclic) bond motifs is 3. The lowest BCUT2D eigenvalue weighted by atomic mass is 9.98. The van der Waals surface area contributed by atoms with Crippen molar-refractivity contribution in [2.45, 2.75) is 31.3 Å². The quantitative estimate of drug-likeness (QED) is 0.436. The Hall–Kier alpha value is -3.94. The summed E-state index contributed by atoms with van der Waals surface area (Å²) < 4.78 is 48.5. The molecule has 0 spiro atoms. The molecule has 2 atom stereocenters. The first-order valence-corrected chi connectivity index (χ1v) is 11.5. The average Bonchev–Trinajstić information content (AvgIpc) is 3.60. The van der Waals surface area contributed by atoms with Gasteiger partial charge in [-0.1, -0.05) is 6.07 Å². The van der Waals surface area contributed by atoms with Crippen LogP contribution >= 0.6 is 0 Å². The molecule has 0 fully saturated rings. The Kier molecular flexibility index (Phi) is 5.36. The van der Waals surface area contributed by atoms with Crippen molar-refractivity contribution in [3.8, 4) is 34.5 Å². The van der Waals surface area contributed by atoms with Crippen LogP contribution in [0.25, 0.3) is 0 Å². The van der Waals surface area contributed by atoms with Gasteiger partial charge in [-0.3, -0.25) is 4.79 Å². The molecule has 1 aliphatic carbocycles. The van der Waals surface area contributed by atoms with Crippen LogP contribution in [0.5, 0.6) is 34.5 Å². The normalized spacial score (nSPS) is 19.0. The number of carbonyl (C=O) groups is 1. The minimum atomic E-state index is -0.448. The van der Waals surface area contributed by atoms with Crippen molar-refractivity contribution in [3.63, 3.8) is 0 Å². The molecule has 8 heteroatoms. The molecule has 0 saturated heterocycles. The number of esters is 1. The standard InChI is InChI=1S/C27H23FO7/c1-30-26(29)10-15-13-31-24-11-16(2-4-18(15)24)35-23-8-5-19-21(9-6-20(28)27(19)23)34-17-3-7-22-25(12-17)33-14-32-22/h2-4,6-7,9,11-12,15,23H,5,8,10,13-14H2,1H3. The molecular formula is C27H23FO7. The minimum absolute atomic E-state index is 0.0490. The molecule has 2 heterocycles. The predicted octanol–water partition coefficient (Wildman–Crippen LogP) is 5.45. The highest BCUT2D eigenvalue weighted by Gasteiger charge is 2.32. The smallest absolute Gasteiger partial charge is 0.306 e. The highest BCUT2D eigenvalue weighted by Crippen LogP contribution is 2.45. The third-order valence-corrected chi connectivity index (χ3v) is 6.60. The van der Waals surface area contributed by atoms with Crippen LogP contribution in [-0.2, 0) is 16.0 Å². The van der Waals surface area contributed by atoms with Crippen molar-refractivity contribution >= 4 is 5.97 Å². The van der Waals surface area contributed by atoms with E-state index in [9.17, 15) is 9.18 Å². The largest absolute Gasteiger partial charge is 0.492 e. The maximum Gasteiger partial charge on any atom is 0.306 e. The van der Waals surface area contributed by atoms with Crippen molar-refractivity contribution in [3.05, 3.63) is 71.0 Å².